The summed E-state index contributed by atoms with van der Waals surface area (Å²) in [4.78, 5) is 15.7. The average Bonchev–Trinajstić information content (AvgIpc) is 3.29. The van der Waals surface area contributed by atoms with Crippen molar-refractivity contribution in [2.75, 3.05) is 20.8 Å². The van der Waals surface area contributed by atoms with Crippen molar-refractivity contribution in [3.63, 3.8) is 0 Å². The van der Waals surface area contributed by atoms with Crippen LogP contribution in [0.3, 0.4) is 0 Å². The smallest absolute Gasteiger partial charge is 0.224 e. The number of fused-ring (bicyclic) bond motifs is 2. The monoisotopic (exact) mass is 364 g/mol. The Labute approximate surface area is 158 Å². The number of carbonyl (C=O) groups excluding carboxylic acids is 1. The van der Waals surface area contributed by atoms with E-state index in [0.717, 1.165) is 40.8 Å². The molecule has 1 amide bonds. The van der Waals surface area contributed by atoms with E-state index in [9.17, 15) is 4.79 Å². The quantitative estimate of drug-likeness (QED) is 0.703. The first-order valence-corrected chi connectivity index (χ1v) is 9.26. The minimum Gasteiger partial charge on any atom is -0.493 e. The molecule has 5 nitrogen and oxygen atoms in total. The van der Waals surface area contributed by atoms with Crippen molar-refractivity contribution >= 4 is 16.8 Å². The van der Waals surface area contributed by atoms with Gasteiger partial charge in [0.15, 0.2) is 11.5 Å². The number of aromatic amines is 1. The highest BCUT2D eigenvalue weighted by Crippen LogP contribution is 2.40. The van der Waals surface area contributed by atoms with Crippen LogP contribution in [0.1, 0.15) is 29.0 Å². The Hall–Kier alpha value is -2.95. The molecule has 1 unspecified atom stereocenters. The van der Waals surface area contributed by atoms with Gasteiger partial charge in [-0.1, -0.05) is 18.2 Å². The minimum absolute atomic E-state index is 0.0497. The Kier molecular flexibility index (Phi) is 4.75. The predicted octanol–water partition coefficient (Wildman–Crippen LogP) is 3.57. The van der Waals surface area contributed by atoms with Gasteiger partial charge in [0.05, 0.1) is 20.6 Å². The molecule has 0 spiro atoms. The third-order valence-electron chi connectivity index (χ3n) is 5.42. The van der Waals surface area contributed by atoms with Gasteiger partial charge >= 0.3 is 0 Å². The van der Waals surface area contributed by atoms with Gasteiger partial charge in [-0.15, -0.1) is 0 Å². The molecule has 4 rings (SSSR count). The molecule has 2 aromatic carbocycles. The number of nitrogens with one attached hydrogen (secondary N) is 2. The summed E-state index contributed by atoms with van der Waals surface area (Å²) in [7, 11) is 3.30. The number of hydrogen-bond donors (Lipinski definition) is 2. The van der Waals surface area contributed by atoms with Crippen molar-refractivity contribution in [2.45, 2.75) is 25.2 Å². The molecule has 0 radical (unpaired) electrons. The molecule has 2 N–H and O–H groups in total. The van der Waals surface area contributed by atoms with Crippen molar-refractivity contribution < 1.29 is 14.3 Å². The molecule has 140 valence electrons. The fourth-order valence-electron chi connectivity index (χ4n) is 3.98. The first kappa shape index (κ1) is 17.5. The number of carbonyl (C=O) groups is 1. The predicted molar refractivity (Wildman–Crippen MR) is 106 cm³/mol. The molecule has 0 saturated heterocycles. The van der Waals surface area contributed by atoms with Crippen LogP contribution in [0.4, 0.5) is 0 Å². The molecule has 3 aromatic rings. The summed E-state index contributed by atoms with van der Waals surface area (Å²) < 4.78 is 10.8. The van der Waals surface area contributed by atoms with E-state index in [1.54, 1.807) is 14.2 Å². The Balaban J connectivity index is 1.42. The first-order valence-electron chi connectivity index (χ1n) is 9.26. The highest BCUT2D eigenvalue weighted by Gasteiger charge is 2.25. The van der Waals surface area contributed by atoms with Gasteiger partial charge in [0, 0.05) is 29.6 Å². The second-order valence-corrected chi connectivity index (χ2v) is 6.98. The molecule has 1 atom stereocenters. The van der Waals surface area contributed by atoms with Crippen LogP contribution >= 0.6 is 0 Å². The average molecular weight is 364 g/mol. The maximum absolute atomic E-state index is 12.5. The lowest BCUT2D eigenvalue weighted by molar-refractivity contribution is -0.120. The SMILES string of the molecule is COc1cc2c(cc1OC)C(CNC(=O)Cc1c[nH]c3ccccc13)CC2. The van der Waals surface area contributed by atoms with Crippen LogP contribution in [-0.4, -0.2) is 31.7 Å². The van der Waals surface area contributed by atoms with Gasteiger partial charge in [0.25, 0.3) is 0 Å². The van der Waals surface area contributed by atoms with Crippen molar-refractivity contribution in [3.8, 4) is 11.5 Å². The van der Waals surface area contributed by atoms with Gasteiger partial charge < -0.3 is 19.8 Å². The number of ether oxygens (including phenoxy) is 2. The number of rotatable bonds is 6. The fraction of sp³-hybridized carbons (Fsp3) is 0.318. The molecular formula is C22H24N2O3. The number of amides is 1. The van der Waals surface area contributed by atoms with Gasteiger partial charge in [-0.3, -0.25) is 4.79 Å². The summed E-state index contributed by atoms with van der Waals surface area (Å²) in [6.45, 7) is 0.643. The summed E-state index contributed by atoms with van der Waals surface area (Å²) in [6, 6.07) is 12.2. The van der Waals surface area contributed by atoms with Crippen LogP contribution in [0.2, 0.25) is 0 Å². The highest BCUT2D eigenvalue weighted by atomic mass is 16.5. The standard InChI is InChI=1S/C22H24N2O3/c1-26-20-9-14-7-8-15(18(14)11-21(20)27-2)12-24-22(25)10-16-13-23-19-6-4-3-5-17(16)19/h3-6,9,11,13,15,23H,7-8,10,12H2,1-2H3,(H,24,25). The lowest BCUT2D eigenvalue weighted by Crippen LogP contribution is -2.29. The second-order valence-electron chi connectivity index (χ2n) is 6.98. The van der Waals surface area contributed by atoms with Gasteiger partial charge in [0.1, 0.15) is 0 Å². The Morgan fingerprint density at radius 2 is 1.96 bits per heavy atom. The molecule has 5 heteroatoms. The number of para-hydroxylation sites is 1. The molecule has 1 heterocycles. The van der Waals surface area contributed by atoms with Crippen LogP contribution in [0.15, 0.2) is 42.6 Å². The van der Waals surface area contributed by atoms with Gasteiger partial charge in [-0.05, 0) is 47.7 Å². The van der Waals surface area contributed by atoms with Gasteiger partial charge in [-0.25, -0.2) is 0 Å². The summed E-state index contributed by atoms with van der Waals surface area (Å²) >= 11 is 0. The van der Waals surface area contributed by atoms with E-state index in [4.69, 9.17) is 9.47 Å². The molecule has 1 aliphatic rings. The van der Waals surface area contributed by atoms with Crippen molar-refractivity contribution in [2.24, 2.45) is 0 Å². The van der Waals surface area contributed by atoms with Gasteiger partial charge in [-0.2, -0.15) is 0 Å². The Morgan fingerprint density at radius 3 is 2.78 bits per heavy atom. The topological polar surface area (TPSA) is 63.4 Å². The molecule has 0 fully saturated rings. The first-order chi connectivity index (χ1) is 13.2. The van der Waals surface area contributed by atoms with Crippen LogP contribution in [0, 0.1) is 0 Å². The lowest BCUT2D eigenvalue weighted by atomic mass is 10.0. The van der Waals surface area contributed by atoms with E-state index in [1.807, 2.05) is 30.5 Å². The zero-order valence-corrected chi connectivity index (χ0v) is 15.7. The summed E-state index contributed by atoms with van der Waals surface area (Å²) in [5.41, 5.74) is 4.62. The van der Waals surface area contributed by atoms with Crippen LogP contribution in [-0.2, 0) is 17.6 Å². The van der Waals surface area contributed by atoms with E-state index in [1.165, 1.54) is 11.1 Å². The van der Waals surface area contributed by atoms with E-state index >= 15 is 0 Å². The largest absolute Gasteiger partial charge is 0.493 e. The molecular weight excluding hydrogens is 340 g/mol. The van der Waals surface area contributed by atoms with Crippen molar-refractivity contribution in [1.29, 1.82) is 0 Å². The third-order valence-corrected chi connectivity index (χ3v) is 5.42. The van der Waals surface area contributed by atoms with Crippen LogP contribution in [0.5, 0.6) is 11.5 Å². The lowest BCUT2D eigenvalue weighted by Gasteiger charge is -2.15. The maximum Gasteiger partial charge on any atom is 0.224 e. The molecule has 0 saturated carbocycles. The number of aryl methyl sites for hydroxylation is 1. The van der Waals surface area contributed by atoms with Crippen molar-refractivity contribution in [3.05, 3.63) is 59.3 Å². The summed E-state index contributed by atoms with van der Waals surface area (Å²) in [5.74, 6) is 1.87. The third kappa shape index (κ3) is 3.37. The number of H-pyrrole nitrogens is 1. The highest BCUT2D eigenvalue weighted by molar-refractivity contribution is 5.88. The van der Waals surface area contributed by atoms with Gasteiger partial charge in [0.2, 0.25) is 5.91 Å². The summed E-state index contributed by atoms with van der Waals surface area (Å²) in [5, 5.41) is 4.22. The fourth-order valence-corrected chi connectivity index (χ4v) is 3.98. The Morgan fingerprint density at radius 1 is 1.19 bits per heavy atom. The van der Waals surface area contributed by atoms with Crippen LogP contribution in [0.25, 0.3) is 10.9 Å². The number of aromatic nitrogens is 1. The summed E-state index contributed by atoms with van der Waals surface area (Å²) in [6.07, 6.45) is 4.33. The minimum atomic E-state index is 0.0497. The molecule has 0 bridgehead atoms. The van der Waals surface area contributed by atoms with E-state index in [2.05, 4.69) is 22.4 Å². The van der Waals surface area contributed by atoms with Crippen molar-refractivity contribution in [1.82, 2.24) is 10.3 Å². The normalized spacial score (nSPS) is 15.6. The Bertz CT molecular complexity index is 977. The number of benzene rings is 2. The molecule has 27 heavy (non-hydrogen) atoms. The van der Waals surface area contributed by atoms with E-state index in [0.29, 0.717) is 18.9 Å². The zero-order chi connectivity index (χ0) is 18.8. The van der Waals surface area contributed by atoms with Crippen LogP contribution < -0.4 is 14.8 Å². The van der Waals surface area contributed by atoms with E-state index in [-0.39, 0.29) is 5.91 Å². The number of hydrogen-bond acceptors (Lipinski definition) is 3. The molecule has 0 aliphatic heterocycles. The molecule has 1 aromatic heterocycles. The molecule has 1 aliphatic carbocycles. The van der Waals surface area contributed by atoms with E-state index < -0.39 is 0 Å². The maximum atomic E-state index is 12.5. The second kappa shape index (κ2) is 7.35. The number of methoxy groups -OCH3 is 2. The zero-order valence-electron chi connectivity index (χ0n) is 15.7.